The summed E-state index contributed by atoms with van der Waals surface area (Å²) in [6, 6.07) is 7.04. The summed E-state index contributed by atoms with van der Waals surface area (Å²) in [6.45, 7) is 0.398. The molecule has 3 rings (SSSR count). The maximum atomic E-state index is 11.8. The summed E-state index contributed by atoms with van der Waals surface area (Å²) in [7, 11) is 1.31. The van der Waals surface area contributed by atoms with Gasteiger partial charge in [-0.25, -0.2) is 4.79 Å². The summed E-state index contributed by atoms with van der Waals surface area (Å²) in [4.78, 5) is 23.6. The Kier molecular flexibility index (Phi) is 4.97. The number of fused-ring (bicyclic) bond motifs is 1. The molecule has 1 N–H and O–H groups in total. The van der Waals surface area contributed by atoms with Crippen LogP contribution in [0.15, 0.2) is 29.6 Å². The quantitative estimate of drug-likeness (QED) is 0.807. The lowest BCUT2D eigenvalue weighted by Crippen LogP contribution is -2.17. The molecule has 1 aromatic heterocycles. The fourth-order valence-corrected chi connectivity index (χ4v) is 2.85. The second kappa shape index (κ2) is 7.33. The summed E-state index contributed by atoms with van der Waals surface area (Å²) in [5, 5.41) is 4.33. The number of esters is 1. The molecule has 0 bridgehead atoms. The molecule has 1 aromatic carbocycles. The van der Waals surface area contributed by atoms with Gasteiger partial charge in [-0.1, -0.05) is 6.07 Å². The molecular weight excluding hydrogens is 334 g/mol. The number of hydrogen-bond donors (Lipinski definition) is 1. The molecule has 0 saturated heterocycles. The molecule has 0 saturated carbocycles. The molecule has 7 nitrogen and oxygen atoms in total. The van der Waals surface area contributed by atoms with Gasteiger partial charge in [-0.3, -0.25) is 4.79 Å². The molecule has 0 unspecified atom stereocenters. The van der Waals surface area contributed by atoms with Crippen molar-refractivity contribution in [2.45, 2.75) is 6.61 Å². The molecule has 24 heavy (non-hydrogen) atoms. The van der Waals surface area contributed by atoms with Gasteiger partial charge in [0.15, 0.2) is 11.5 Å². The molecule has 126 valence electrons. The first-order valence-corrected chi connectivity index (χ1v) is 7.96. The molecular formula is C16H15NO6S. The van der Waals surface area contributed by atoms with Crippen molar-refractivity contribution in [2.24, 2.45) is 0 Å². The van der Waals surface area contributed by atoms with Gasteiger partial charge in [0.1, 0.15) is 11.5 Å². The van der Waals surface area contributed by atoms with Crippen molar-refractivity contribution in [1.29, 1.82) is 0 Å². The SMILES string of the molecule is COC(=O)c1cc(NC(=O)COCc2ccc3c(c2)OCO3)cs1. The van der Waals surface area contributed by atoms with E-state index in [0.29, 0.717) is 22.1 Å². The van der Waals surface area contributed by atoms with Gasteiger partial charge in [-0.2, -0.15) is 0 Å². The zero-order valence-corrected chi connectivity index (χ0v) is 13.7. The first-order chi connectivity index (χ1) is 11.7. The number of nitrogens with one attached hydrogen (secondary N) is 1. The van der Waals surface area contributed by atoms with E-state index in [0.717, 1.165) is 5.56 Å². The zero-order valence-electron chi connectivity index (χ0n) is 12.9. The van der Waals surface area contributed by atoms with Gasteiger partial charge in [0, 0.05) is 5.38 Å². The van der Waals surface area contributed by atoms with Gasteiger partial charge in [0.2, 0.25) is 12.7 Å². The zero-order chi connectivity index (χ0) is 16.9. The largest absolute Gasteiger partial charge is 0.465 e. The lowest BCUT2D eigenvalue weighted by atomic mass is 10.2. The predicted molar refractivity (Wildman–Crippen MR) is 86.5 cm³/mol. The van der Waals surface area contributed by atoms with Crippen LogP contribution < -0.4 is 14.8 Å². The number of benzene rings is 1. The maximum Gasteiger partial charge on any atom is 0.348 e. The molecule has 1 aliphatic heterocycles. The van der Waals surface area contributed by atoms with Crippen molar-refractivity contribution in [3.8, 4) is 11.5 Å². The Morgan fingerprint density at radius 2 is 2.08 bits per heavy atom. The van der Waals surface area contributed by atoms with Crippen LogP contribution in [0.4, 0.5) is 5.69 Å². The standard InChI is InChI=1S/C16H15NO6S/c1-20-16(19)14-5-11(8-24-14)17-15(18)7-21-6-10-2-3-12-13(4-10)23-9-22-12/h2-5,8H,6-7,9H2,1H3,(H,17,18). The van der Waals surface area contributed by atoms with Crippen molar-refractivity contribution in [3.63, 3.8) is 0 Å². The van der Waals surface area contributed by atoms with Crippen molar-refractivity contribution < 1.29 is 28.5 Å². The molecule has 0 radical (unpaired) electrons. The maximum absolute atomic E-state index is 11.8. The predicted octanol–water partition coefficient (Wildman–Crippen LogP) is 2.42. The lowest BCUT2D eigenvalue weighted by Gasteiger charge is -2.06. The number of ether oxygens (including phenoxy) is 4. The highest BCUT2D eigenvalue weighted by Gasteiger charge is 2.14. The van der Waals surface area contributed by atoms with E-state index in [4.69, 9.17) is 14.2 Å². The smallest absolute Gasteiger partial charge is 0.348 e. The van der Waals surface area contributed by atoms with Crippen LogP contribution in [0.1, 0.15) is 15.2 Å². The first-order valence-electron chi connectivity index (χ1n) is 7.08. The highest BCUT2D eigenvalue weighted by Crippen LogP contribution is 2.32. The van der Waals surface area contributed by atoms with Gasteiger partial charge in [-0.15, -0.1) is 11.3 Å². The van der Waals surface area contributed by atoms with Crippen LogP contribution in [-0.4, -0.2) is 32.4 Å². The van der Waals surface area contributed by atoms with Crippen LogP contribution in [0.5, 0.6) is 11.5 Å². The summed E-state index contributed by atoms with van der Waals surface area (Å²) in [6.07, 6.45) is 0. The average Bonchev–Trinajstić information content (AvgIpc) is 3.22. The van der Waals surface area contributed by atoms with Crippen molar-refractivity contribution in [3.05, 3.63) is 40.1 Å². The van der Waals surface area contributed by atoms with Crippen LogP contribution in [-0.2, 0) is 20.9 Å². The molecule has 2 aromatic rings. The van der Waals surface area contributed by atoms with Crippen LogP contribution in [0, 0.1) is 0 Å². The molecule has 0 fully saturated rings. The minimum absolute atomic E-state index is 0.0994. The fourth-order valence-electron chi connectivity index (χ4n) is 2.10. The monoisotopic (exact) mass is 349 g/mol. The Labute approximate surface area is 142 Å². The average molecular weight is 349 g/mol. The number of carbonyl (C=O) groups excluding carboxylic acids is 2. The summed E-state index contributed by atoms with van der Waals surface area (Å²) in [5.74, 6) is 0.647. The Morgan fingerprint density at radius 1 is 1.25 bits per heavy atom. The number of amides is 1. The van der Waals surface area contributed by atoms with E-state index in [2.05, 4.69) is 10.1 Å². The van der Waals surface area contributed by atoms with Gasteiger partial charge in [0.25, 0.3) is 0 Å². The Balaban J connectivity index is 1.46. The number of anilines is 1. The molecule has 2 heterocycles. The molecule has 0 aliphatic carbocycles. The van der Waals surface area contributed by atoms with Gasteiger partial charge >= 0.3 is 5.97 Å². The van der Waals surface area contributed by atoms with Gasteiger partial charge in [-0.05, 0) is 23.8 Å². The topological polar surface area (TPSA) is 83.1 Å². The van der Waals surface area contributed by atoms with Gasteiger partial charge < -0.3 is 24.3 Å². The van der Waals surface area contributed by atoms with E-state index < -0.39 is 5.97 Å². The normalized spacial score (nSPS) is 12.0. The van der Waals surface area contributed by atoms with E-state index >= 15 is 0 Å². The van der Waals surface area contributed by atoms with E-state index in [1.54, 1.807) is 17.5 Å². The Morgan fingerprint density at radius 3 is 2.92 bits per heavy atom. The Hall–Kier alpha value is -2.58. The van der Waals surface area contributed by atoms with E-state index in [1.165, 1.54) is 18.4 Å². The summed E-state index contributed by atoms with van der Waals surface area (Å²) >= 11 is 1.20. The lowest BCUT2D eigenvalue weighted by molar-refractivity contribution is -0.121. The third-order valence-electron chi connectivity index (χ3n) is 3.21. The highest BCUT2D eigenvalue weighted by molar-refractivity contribution is 7.12. The third-order valence-corrected chi connectivity index (χ3v) is 4.12. The second-order valence-electron chi connectivity index (χ2n) is 4.92. The molecule has 0 spiro atoms. The van der Waals surface area contributed by atoms with Crippen molar-refractivity contribution >= 4 is 28.9 Å². The fraction of sp³-hybridized carbons (Fsp3) is 0.250. The van der Waals surface area contributed by atoms with Gasteiger partial charge in [0.05, 0.1) is 19.4 Å². The highest BCUT2D eigenvalue weighted by atomic mass is 32.1. The molecule has 8 heteroatoms. The Bertz CT molecular complexity index is 757. The number of carbonyl (C=O) groups is 2. The van der Waals surface area contributed by atoms with Crippen molar-refractivity contribution in [1.82, 2.24) is 0 Å². The van der Waals surface area contributed by atoms with E-state index in [1.807, 2.05) is 12.1 Å². The van der Waals surface area contributed by atoms with E-state index in [9.17, 15) is 9.59 Å². The number of thiophene rings is 1. The molecule has 1 amide bonds. The number of methoxy groups -OCH3 is 1. The van der Waals surface area contributed by atoms with Crippen LogP contribution in [0.2, 0.25) is 0 Å². The summed E-state index contributed by atoms with van der Waals surface area (Å²) in [5.41, 5.74) is 1.42. The minimum Gasteiger partial charge on any atom is -0.465 e. The number of hydrogen-bond acceptors (Lipinski definition) is 7. The van der Waals surface area contributed by atoms with Crippen LogP contribution >= 0.6 is 11.3 Å². The first kappa shape index (κ1) is 16.3. The molecule has 0 atom stereocenters. The third kappa shape index (κ3) is 3.84. The second-order valence-corrected chi connectivity index (χ2v) is 5.83. The van der Waals surface area contributed by atoms with Crippen LogP contribution in [0.25, 0.3) is 0 Å². The number of rotatable bonds is 6. The minimum atomic E-state index is -0.431. The van der Waals surface area contributed by atoms with Crippen LogP contribution in [0.3, 0.4) is 0 Å². The molecule has 1 aliphatic rings. The summed E-state index contributed by atoms with van der Waals surface area (Å²) < 4.78 is 20.5. The van der Waals surface area contributed by atoms with Crippen molar-refractivity contribution in [2.75, 3.05) is 25.8 Å². The van der Waals surface area contributed by atoms with E-state index in [-0.39, 0.29) is 25.9 Å².